The minimum absolute atomic E-state index is 0.00440. The van der Waals surface area contributed by atoms with Gasteiger partial charge in [-0.15, -0.1) is 0 Å². The monoisotopic (exact) mass is 824 g/mol. The van der Waals surface area contributed by atoms with Crippen molar-refractivity contribution in [1.29, 1.82) is 0 Å². The largest absolute Gasteiger partial charge is 0.310 e. The summed E-state index contributed by atoms with van der Waals surface area (Å²) >= 11 is 0. The second kappa shape index (κ2) is 14.7. The van der Waals surface area contributed by atoms with Gasteiger partial charge in [-0.1, -0.05) is 197 Å². The van der Waals surface area contributed by atoms with Gasteiger partial charge in [0.25, 0.3) is 0 Å². The molecule has 1 heteroatoms. The molecule has 1 nitrogen and oxygen atoms in total. The Kier molecular flexibility index (Phi) is 9.65. The van der Waals surface area contributed by atoms with Crippen molar-refractivity contribution >= 4 is 17.1 Å². The van der Waals surface area contributed by atoms with E-state index < -0.39 is 5.41 Å². The van der Waals surface area contributed by atoms with Gasteiger partial charge in [0.05, 0.1) is 11.1 Å². The van der Waals surface area contributed by atoms with Gasteiger partial charge in [-0.25, -0.2) is 0 Å². The number of benzene rings is 7. The molecule has 0 amide bonds. The molecule has 0 N–H and O–H groups in total. The number of anilines is 3. The van der Waals surface area contributed by atoms with Crippen LogP contribution in [0, 0.1) is 0 Å². The average Bonchev–Trinajstić information content (AvgIpc) is 3.57. The van der Waals surface area contributed by atoms with Gasteiger partial charge < -0.3 is 4.90 Å². The van der Waals surface area contributed by atoms with E-state index in [1.165, 1.54) is 109 Å². The lowest BCUT2D eigenvalue weighted by Gasteiger charge is -2.44. The van der Waals surface area contributed by atoms with Crippen LogP contribution in [0.1, 0.15) is 151 Å². The predicted octanol–water partition coefficient (Wildman–Crippen LogP) is 17.0. The average molecular weight is 824 g/mol. The van der Waals surface area contributed by atoms with E-state index in [9.17, 15) is 0 Å². The van der Waals surface area contributed by atoms with Crippen molar-refractivity contribution in [3.05, 3.63) is 208 Å². The first-order valence-electron chi connectivity index (χ1n) is 23.6. The summed E-state index contributed by atoms with van der Waals surface area (Å²) in [5.41, 5.74) is 21.2. The number of nitrogens with zero attached hydrogens (tertiary/aromatic N) is 1. The molecule has 0 saturated heterocycles. The summed E-state index contributed by atoms with van der Waals surface area (Å²) in [5, 5.41) is 0. The maximum Gasteiger partial charge on any atom is 0.0714 e. The third-order valence-electron chi connectivity index (χ3n) is 15.8. The van der Waals surface area contributed by atoms with Crippen LogP contribution in [0.5, 0.6) is 0 Å². The fourth-order valence-corrected chi connectivity index (χ4v) is 12.1. The maximum atomic E-state index is 2.67. The van der Waals surface area contributed by atoms with E-state index >= 15 is 0 Å². The van der Waals surface area contributed by atoms with E-state index in [1.54, 1.807) is 0 Å². The van der Waals surface area contributed by atoms with Crippen molar-refractivity contribution in [2.75, 3.05) is 4.90 Å². The Morgan fingerprint density at radius 2 is 0.857 bits per heavy atom. The van der Waals surface area contributed by atoms with Gasteiger partial charge in [0.2, 0.25) is 0 Å². The molecule has 0 radical (unpaired) electrons. The fourth-order valence-electron chi connectivity index (χ4n) is 12.1. The van der Waals surface area contributed by atoms with Crippen molar-refractivity contribution < 1.29 is 0 Å². The van der Waals surface area contributed by atoms with E-state index in [0.717, 1.165) is 6.42 Å². The molecule has 0 fully saturated rings. The van der Waals surface area contributed by atoms with E-state index in [1.807, 2.05) is 0 Å². The third-order valence-corrected chi connectivity index (χ3v) is 15.8. The molecule has 0 unspecified atom stereocenters. The number of rotatable bonds is 7. The van der Waals surface area contributed by atoms with Crippen LogP contribution in [0.2, 0.25) is 0 Å². The van der Waals surface area contributed by atoms with E-state index in [0.29, 0.717) is 5.92 Å². The Morgan fingerprint density at radius 1 is 0.381 bits per heavy atom. The van der Waals surface area contributed by atoms with Crippen LogP contribution in [0.4, 0.5) is 17.1 Å². The molecule has 318 valence electrons. The quantitative estimate of drug-likeness (QED) is 0.155. The molecule has 0 saturated carbocycles. The Balaban J connectivity index is 1.40. The lowest BCUT2D eigenvalue weighted by molar-refractivity contribution is 0.331. The molecule has 0 bridgehead atoms. The van der Waals surface area contributed by atoms with Crippen molar-refractivity contribution in [1.82, 2.24) is 0 Å². The Morgan fingerprint density at radius 3 is 1.46 bits per heavy atom. The zero-order valence-corrected chi connectivity index (χ0v) is 39.4. The number of hydrogen-bond acceptors (Lipinski definition) is 1. The molecule has 3 aliphatic rings. The van der Waals surface area contributed by atoms with Gasteiger partial charge in [0, 0.05) is 16.9 Å². The topological polar surface area (TPSA) is 3.24 Å². The Hall–Kier alpha value is -5.66. The Labute approximate surface area is 378 Å². The molecule has 0 heterocycles. The summed E-state index contributed by atoms with van der Waals surface area (Å²) in [6.07, 6.45) is 4.67. The smallest absolute Gasteiger partial charge is 0.0714 e. The lowest BCUT2D eigenvalue weighted by atomic mass is 9.61. The zero-order valence-electron chi connectivity index (χ0n) is 39.4. The second-order valence-corrected chi connectivity index (χ2v) is 22.0. The minimum Gasteiger partial charge on any atom is -0.310 e. The maximum absolute atomic E-state index is 2.67. The van der Waals surface area contributed by atoms with Gasteiger partial charge >= 0.3 is 0 Å². The highest BCUT2D eigenvalue weighted by molar-refractivity contribution is 5.98. The highest BCUT2D eigenvalue weighted by Gasteiger charge is 2.48. The standard InChI is InChI=1S/C62H65N/c1-41(2)47-38-53-54(60(7,8)34-33-59(53,5)6)40-55(47)63(44-27-18-13-19-28-44)56-39-52-48(37-49(56)46-30-22-32-51-57(46)61(9,10)36-35-58(51,3)4)45-29-20-21-31-50(45)62(52,42-23-14-11-15-24-42)43-25-16-12-17-26-43/h11-32,37-41H,33-36H2,1-10H3. The summed E-state index contributed by atoms with van der Waals surface area (Å²) in [6.45, 7) is 24.5. The minimum atomic E-state index is -0.537. The first kappa shape index (κ1) is 41.4. The molecule has 0 atom stereocenters. The molecular weight excluding hydrogens is 759 g/mol. The molecule has 63 heavy (non-hydrogen) atoms. The van der Waals surface area contributed by atoms with Crippen molar-refractivity contribution in [2.24, 2.45) is 0 Å². The van der Waals surface area contributed by atoms with Gasteiger partial charge in [-0.3, -0.25) is 0 Å². The van der Waals surface area contributed by atoms with E-state index in [-0.39, 0.29) is 21.7 Å². The summed E-state index contributed by atoms with van der Waals surface area (Å²) in [4.78, 5) is 2.67. The summed E-state index contributed by atoms with van der Waals surface area (Å²) in [7, 11) is 0. The molecular formula is C62H65N. The molecule has 3 aliphatic carbocycles. The van der Waals surface area contributed by atoms with Gasteiger partial charge in [0.15, 0.2) is 0 Å². The van der Waals surface area contributed by atoms with Gasteiger partial charge in [-0.05, 0) is 150 Å². The molecule has 0 aliphatic heterocycles. The highest BCUT2D eigenvalue weighted by atomic mass is 15.1. The van der Waals surface area contributed by atoms with E-state index in [2.05, 4.69) is 232 Å². The van der Waals surface area contributed by atoms with Crippen molar-refractivity contribution in [3.8, 4) is 22.3 Å². The zero-order chi connectivity index (χ0) is 44.1. The molecule has 0 spiro atoms. The van der Waals surface area contributed by atoms with Crippen LogP contribution >= 0.6 is 0 Å². The fraction of sp³-hybridized carbons (Fsp3) is 0.323. The molecule has 0 aromatic heterocycles. The first-order valence-corrected chi connectivity index (χ1v) is 23.6. The van der Waals surface area contributed by atoms with Crippen LogP contribution in [-0.2, 0) is 27.1 Å². The summed E-state index contributed by atoms with van der Waals surface area (Å²) in [6, 6.07) is 60.8. The van der Waals surface area contributed by atoms with Crippen LogP contribution in [0.25, 0.3) is 22.3 Å². The van der Waals surface area contributed by atoms with Crippen LogP contribution in [-0.4, -0.2) is 0 Å². The Bertz CT molecular complexity index is 2810. The van der Waals surface area contributed by atoms with Crippen molar-refractivity contribution in [2.45, 2.75) is 128 Å². The highest BCUT2D eigenvalue weighted by Crippen LogP contribution is 2.61. The number of fused-ring (bicyclic) bond motifs is 5. The molecule has 7 aromatic carbocycles. The first-order chi connectivity index (χ1) is 30.1. The number of para-hydroxylation sites is 1. The SMILES string of the molecule is CC(C)c1cc2c(cc1N(c1ccccc1)c1cc3c(cc1-c1cccc4c1C(C)(C)CCC4(C)C)-c1ccccc1C3(c1ccccc1)c1ccccc1)C(C)(C)CCC2(C)C. The molecule has 7 aromatic rings. The normalized spacial score (nSPS) is 18.2. The van der Waals surface area contributed by atoms with Crippen molar-refractivity contribution in [3.63, 3.8) is 0 Å². The third kappa shape index (κ3) is 6.39. The van der Waals surface area contributed by atoms with Crippen LogP contribution in [0.15, 0.2) is 158 Å². The number of hydrogen-bond donors (Lipinski definition) is 0. The van der Waals surface area contributed by atoms with E-state index in [4.69, 9.17) is 0 Å². The lowest BCUT2D eigenvalue weighted by Crippen LogP contribution is -2.35. The van der Waals surface area contributed by atoms with Crippen LogP contribution in [0.3, 0.4) is 0 Å². The second-order valence-electron chi connectivity index (χ2n) is 22.0. The molecule has 10 rings (SSSR count). The van der Waals surface area contributed by atoms with Gasteiger partial charge in [0.1, 0.15) is 0 Å². The predicted molar refractivity (Wildman–Crippen MR) is 269 cm³/mol. The summed E-state index contributed by atoms with van der Waals surface area (Å²) in [5.74, 6) is 0.302. The van der Waals surface area contributed by atoms with Gasteiger partial charge in [-0.2, -0.15) is 0 Å². The summed E-state index contributed by atoms with van der Waals surface area (Å²) < 4.78 is 0. The van der Waals surface area contributed by atoms with Crippen LogP contribution < -0.4 is 4.90 Å².